The van der Waals surface area contributed by atoms with Gasteiger partial charge in [0.15, 0.2) is 0 Å². The van der Waals surface area contributed by atoms with Gasteiger partial charge >= 0.3 is 0 Å². The molecule has 0 radical (unpaired) electrons. The Hall–Kier alpha value is -0.410. The quantitative estimate of drug-likeness (QED) is 0.817. The molecule has 0 bridgehead atoms. The largest absolute Gasteiger partial charge is 0.307 e. The highest BCUT2D eigenvalue weighted by Crippen LogP contribution is 2.31. The van der Waals surface area contributed by atoms with E-state index < -0.39 is 0 Å². The highest BCUT2D eigenvalue weighted by molar-refractivity contribution is 9.10. The van der Waals surface area contributed by atoms with Crippen LogP contribution in [0.5, 0.6) is 0 Å². The van der Waals surface area contributed by atoms with E-state index in [1.54, 1.807) is 0 Å². The molecule has 1 aromatic heterocycles. The molecule has 0 saturated carbocycles. The second-order valence-corrected chi connectivity index (χ2v) is 4.56. The molecular weight excluding hydrogens is 228 g/mol. The summed E-state index contributed by atoms with van der Waals surface area (Å²) in [6, 6.07) is 0. The van der Waals surface area contributed by atoms with Crippen molar-refractivity contribution in [3.63, 3.8) is 0 Å². The van der Waals surface area contributed by atoms with Crippen LogP contribution in [0.15, 0.2) is 10.7 Å². The number of fused-ring (bicyclic) bond motifs is 1. The number of pyridine rings is 1. The van der Waals surface area contributed by atoms with Crippen molar-refractivity contribution >= 4 is 15.9 Å². The molecule has 1 aliphatic rings. The van der Waals surface area contributed by atoms with Crippen molar-refractivity contribution in [2.24, 2.45) is 0 Å². The first kappa shape index (κ1) is 9.16. The van der Waals surface area contributed by atoms with E-state index in [1.807, 2.05) is 6.20 Å². The van der Waals surface area contributed by atoms with Crippen LogP contribution in [0.3, 0.4) is 0 Å². The number of nitrogens with zero attached hydrogens (tertiary/aromatic N) is 1. The van der Waals surface area contributed by atoms with Crippen molar-refractivity contribution < 1.29 is 0 Å². The summed E-state index contributed by atoms with van der Waals surface area (Å²) in [5, 5.41) is 3.33. The summed E-state index contributed by atoms with van der Waals surface area (Å²) in [7, 11) is 0. The molecule has 0 amide bonds. The number of aromatic nitrogens is 1. The maximum atomic E-state index is 4.39. The normalized spacial score (nSPS) is 15.1. The van der Waals surface area contributed by atoms with Crippen LogP contribution in [-0.4, -0.2) is 4.98 Å². The Morgan fingerprint density at radius 3 is 2.92 bits per heavy atom. The van der Waals surface area contributed by atoms with Crippen LogP contribution in [0, 0.1) is 0 Å². The molecular formula is C10H13BrN2. The molecule has 1 aliphatic heterocycles. The Labute approximate surface area is 86.9 Å². The average Bonchev–Trinajstić information content (AvgIpc) is 2.50. The SMILES string of the molecule is CC(C)c1c(Br)cnc2c1CNC2. The van der Waals surface area contributed by atoms with Crippen molar-refractivity contribution in [3.05, 3.63) is 27.5 Å². The topological polar surface area (TPSA) is 24.9 Å². The van der Waals surface area contributed by atoms with Crippen molar-refractivity contribution in [1.29, 1.82) is 0 Å². The molecule has 0 saturated heterocycles. The molecule has 1 N–H and O–H groups in total. The fourth-order valence-corrected chi connectivity index (χ4v) is 2.66. The van der Waals surface area contributed by atoms with E-state index in [-0.39, 0.29) is 0 Å². The average molecular weight is 241 g/mol. The molecule has 2 heterocycles. The Kier molecular flexibility index (Phi) is 2.39. The van der Waals surface area contributed by atoms with Gasteiger partial charge in [0.2, 0.25) is 0 Å². The first-order valence-electron chi connectivity index (χ1n) is 4.57. The molecule has 0 unspecified atom stereocenters. The van der Waals surface area contributed by atoms with Gasteiger partial charge in [0.05, 0.1) is 5.69 Å². The minimum absolute atomic E-state index is 0.561. The van der Waals surface area contributed by atoms with E-state index >= 15 is 0 Å². The standard InChI is InChI=1S/C10H13BrN2/c1-6(2)10-7-3-12-5-9(7)13-4-8(10)11/h4,6,12H,3,5H2,1-2H3. The first-order valence-corrected chi connectivity index (χ1v) is 5.36. The number of rotatable bonds is 1. The summed E-state index contributed by atoms with van der Waals surface area (Å²) >= 11 is 3.56. The van der Waals surface area contributed by atoms with Gasteiger partial charge in [-0.1, -0.05) is 13.8 Å². The third-order valence-electron chi connectivity index (χ3n) is 2.44. The predicted molar refractivity (Wildman–Crippen MR) is 56.6 cm³/mol. The summed E-state index contributed by atoms with van der Waals surface area (Å²) in [6.07, 6.45) is 1.92. The van der Waals surface area contributed by atoms with Gasteiger partial charge in [0.1, 0.15) is 0 Å². The third kappa shape index (κ3) is 1.51. The van der Waals surface area contributed by atoms with Crippen molar-refractivity contribution in [2.75, 3.05) is 0 Å². The van der Waals surface area contributed by atoms with E-state index in [1.165, 1.54) is 16.8 Å². The molecule has 0 fully saturated rings. The lowest BCUT2D eigenvalue weighted by Crippen LogP contribution is -2.02. The zero-order chi connectivity index (χ0) is 9.42. The van der Waals surface area contributed by atoms with E-state index in [0.717, 1.165) is 17.6 Å². The maximum absolute atomic E-state index is 4.39. The van der Waals surface area contributed by atoms with Gasteiger partial charge in [-0.05, 0) is 33.0 Å². The van der Waals surface area contributed by atoms with Crippen LogP contribution in [-0.2, 0) is 13.1 Å². The number of nitrogens with one attached hydrogen (secondary N) is 1. The Balaban J connectivity index is 2.58. The van der Waals surface area contributed by atoms with Crippen molar-refractivity contribution in [3.8, 4) is 0 Å². The lowest BCUT2D eigenvalue weighted by molar-refractivity contribution is 0.750. The molecule has 3 heteroatoms. The van der Waals surface area contributed by atoms with Crippen LogP contribution < -0.4 is 5.32 Å². The van der Waals surface area contributed by atoms with Gasteiger partial charge in [-0.2, -0.15) is 0 Å². The highest BCUT2D eigenvalue weighted by Gasteiger charge is 2.19. The van der Waals surface area contributed by atoms with Gasteiger partial charge in [-0.25, -0.2) is 0 Å². The van der Waals surface area contributed by atoms with Gasteiger partial charge in [0.25, 0.3) is 0 Å². The smallest absolute Gasteiger partial charge is 0.0590 e. The summed E-state index contributed by atoms with van der Waals surface area (Å²) in [5.74, 6) is 0.561. The lowest BCUT2D eigenvalue weighted by Gasteiger charge is -2.12. The Morgan fingerprint density at radius 1 is 1.46 bits per heavy atom. The monoisotopic (exact) mass is 240 g/mol. The number of hydrogen-bond donors (Lipinski definition) is 1. The molecule has 0 aromatic carbocycles. The van der Waals surface area contributed by atoms with Crippen LogP contribution in [0.2, 0.25) is 0 Å². The summed E-state index contributed by atoms with van der Waals surface area (Å²) < 4.78 is 1.14. The van der Waals surface area contributed by atoms with E-state index in [0.29, 0.717) is 5.92 Å². The van der Waals surface area contributed by atoms with Gasteiger partial charge < -0.3 is 5.32 Å². The van der Waals surface area contributed by atoms with Crippen molar-refractivity contribution in [2.45, 2.75) is 32.9 Å². The highest BCUT2D eigenvalue weighted by atomic mass is 79.9. The van der Waals surface area contributed by atoms with E-state index in [4.69, 9.17) is 0 Å². The van der Waals surface area contributed by atoms with Crippen LogP contribution in [0.1, 0.15) is 36.6 Å². The summed E-state index contributed by atoms with van der Waals surface area (Å²) in [5.41, 5.74) is 4.02. The van der Waals surface area contributed by atoms with E-state index in [2.05, 4.69) is 40.1 Å². The molecule has 2 rings (SSSR count). The number of hydrogen-bond acceptors (Lipinski definition) is 2. The minimum atomic E-state index is 0.561. The second-order valence-electron chi connectivity index (χ2n) is 3.70. The molecule has 2 nitrogen and oxygen atoms in total. The van der Waals surface area contributed by atoms with Crippen LogP contribution in [0.25, 0.3) is 0 Å². The Bertz CT molecular complexity index is 334. The van der Waals surface area contributed by atoms with Gasteiger partial charge in [-0.15, -0.1) is 0 Å². The van der Waals surface area contributed by atoms with Gasteiger partial charge in [0, 0.05) is 23.8 Å². The summed E-state index contributed by atoms with van der Waals surface area (Å²) in [4.78, 5) is 4.39. The molecule has 0 spiro atoms. The summed E-state index contributed by atoms with van der Waals surface area (Å²) in [6.45, 7) is 6.33. The minimum Gasteiger partial charge on any atom is -0.307 e. The molecule has 13 heavy (non-hydrogen) atoms. The fourth-order valence-electron chi connectivity index (χ4n) is 1.86. The van der Waals surface area contributed by atoms with Crippen LogP contribution in [0.4, 0.5) is 0 Å². The zero-order valence-electron chi connectivity index (χ0n) is 7.89. The Morgan fingerprint density at radius 2 is 2.23 bits per heavy atom. The molecule has 70 valence electrons. The molecule has 0 atom stereocenters. The fraction of sp³-hybridized carbons (Fsp3) is 0.500. The first-order chi connectivity index (χ1) is 6.20. The van der Waals surface area contributed by atoms with Gasteiger partial charge in [-0.3, -0.25) is 4.98 Å². The molecule has 1 aromatic rings. The number of halogens is 1. The third-order valence-corrected chi connectivity index (χ3v) is 3.07. The molecule has 0 aliphatic carbocycles. The lowest BCUT2D eigenvalue weighted by atomic mass is 9.98. The zero-order valence-corrected chi connectivity index (χ0v) is 9.48. The van der Waals surface area contributed by atoms with E-state index in [9.17, 15) is 0 Å². The maximum Gasteiger partial charge on any atom is 0.0590 e. The predicted octanol–water partition coefficient (Wildman–Crippen LogP) is 2.57. The van der Waals surface area contributed by atoms with Crippen molar-refractivity contribution in [1.82, 2.24) is 10.3 Å². The second kappa shape index (κ2) is 3.39. The van der Waals surface area contributed by atoms with Crippen LogP contribution >= 0.6 is 15.9 Å².